The van der Waals surface area contributed by atoms with Gasteiger partial charge in [0, 0.05) is 11.4 Å². The van der Waals surface area contributed by atoms with Crippen LogP contribution in [0.5, 0.6) is 0 Å². The maximum absolute atomic E-state index is 12.6. The third-order valence-corrected chi connectivity index (χ3v) is 7.22. The van der Waals surface area contributed by atoms with E-state index in [9.17, 15) is 8.42 Å². The molecule has 0 atom stereocenters. The fourth-order valence-electron chi connectivity index (χ4n) is 2.25. The lowest BCUT2D eigenvalue weighted by Gasteiger charge is -2.07. The molecule has 0 saturated heterocycles. The van der Waals surface area contributed by atoms with Gasteiger partial charge in [0.15, 0.2) is 5.76 Å². The van der Waals surface area contributed by atoms with Gasteiger partial charge in [0.25, 0.3) is 10.0 Å². The van der Waals surface area contributed by atoms with Gasteiger partial charge in [-0.2, -0.15) is 9.78 Å². The topological polar surface area (TPSA) is 90.0 Å². The van der Waals surface area contributed by atoms with E-state index in [2.05, 4.69) is 14.8 Å². The molecule has 0 aliphatic rings. The molecule has 134 valence electrons. The van der Waals surface area contributed by atoms with Crippen LogP contribution >= 0.6 is 34.3 Å². The Morgan fingerprint density at radius 1 is 1.31 bits per heavy atom. The number of halogens is 1. The van der Waals surface area contributed by atoms with Gasteiger partial charge in [0.2, 0.25) is 5.13 Å². The van der Waals surface area contributed by atoms with Crippen molar-refractivity contribution in [2.75, 3.05) is 4.72 Å². The number of aromatic nitrogens is 3. The van der Waals surface area contributed by atoms with E-state index in [4.69, 9.17) is 16.0 Å². The number of hydrogen-bond donors (Lipinski definition) is 1. The molecule has 26 heavy (non-hydrogen) atoms. The van der Waals surface area contributed by atoms with Gasteiger partial charge in [-0.1, -0.05) is 11.6 Å². The Labute approximate surface area is 161 Å². The first kappa shape index (κ1) is 17.3. The van der Waals surface area contributed by atoms with Gasteiger partial charge in [-0.25, -0.2) is 13.4 Å². The van der Waals surface area contributed by atoms with E-state index < -0.39 is 10.0 Å². The van der Waals surface area contributed by atoms with Gasteiger partial charge in [-0.15, -0.1) is 22.7 Å². The highest BCUT2D eigenvalue weighted by Gasteiger charge is 2.21. The number of thiazole rings is 1. The molecule has 0 aliphatic carbocycles. The lowest BCUT2D eigenvalue weighted by atomic mass is 10.4. The highest BCUT2D eigenvalue weighted by molar-refractivity contribution is 7.94. The van der Waals surface area contributed by atoms with Crippen molar-refractivity contribution in [3.8, 4) is 16.6 Å². The Balaban J connectivity index is 1.69. The Morgan fingerprint density at radius 3 is 2.85 bits per heavy atom. The molecule has 11 heteroatoms. The van der Waals surface area contributed by atoms with E-state index >= 15 is 0 Å². The summed E-state index contributed by atoms with van der Waals surface area (Å²) in [5, 5.41) is 6.68. The van der Waals surface area contributed by atoms with Crippen LogP contribution < -0.4 is 4.72 Å². The van der Waals surface area contributed by atoms with Gasteiger partial charge in [0.05, 0.1) is 16.3 Å². The number of nitrogens with one attached hydrogen (secondary N) is 1. The van der Waals surface area contributed by atoms with Crippen molar-refractivity contribution in [1.29, 1.82) is 0 Å². The minimum absolute atomic E-state index is 0.128. The normalized spacial score (nSPS) is 11.8. The number of thiophene rings is 1. The second-order valence-electron chi connectivity index (χ2n) is 5.24. The summed E-state index contributed by atoms with van der Waals surface area (Å²) in [5.41, 5.74) is 1.31. The average molecular weight is 427 g/mol. The minimum Gasteiger partial charge on any atom is -0.463 e. The number of furan rings is 1. The second kappa shape index (κ2) is 6.54. The number of nitrogens with zero attached hydrogens (tertiary/aromatic N) is 3. The first-order chi connectivity index (χ1) is 12.4. The van der Waals surface area contributed by atoms with E-state index in [0.29, 0.717) is 32.4 Å². The maximum Gasteiger partial charge on any atom is 0.272 e. The van der Waals surface area contributed by atoms with Crippen LogP contribution in [0.4, 0.5) is 5.82 Å². The summed E-state index contributed by atoms with van der Waals surface area (Å²) in [4.78, 5) is 4.48. The molecule has 0 saturated carbocycles. The van der Waals surface area contributed by atoms with Gasteiger partial charge in [-0.3, -0.25) is 4.72 Å². The largest absolute Gasteiger partial charge is 0.463 e. The molecule has 1 N–H and O–H groups in total. The predicted molar refractivity (Wildman–Crippen MR) is 102 cm³/mol. The maximum atomic E-state index is 12.6. The highest BCUT2D eigenvalue weighted by atomic mass is 35.5. The third kappa shape index (κ3) is 3.28. The lowest BCUT2D eigenvalue weighted by molar-refractivity contribution is 0.580. The Kier molecular flexibility index (Phi) is 4.35. The smallest absolute Gasteiger partial charge is 0.272 e. The Hall–Kier alpha value is -2.14. The predicted octanol–water partition coefficient (Wildman–Crippen LogP) is 4.41. The molecule has 4 aromatic heterocycles. The van der Waals surface area contributed by atoms with Crippen molar-refractivity contribution in [3.63, 3.8) is 0 Å². The first-order valence-electron chi connectivity index (χ1n) is 7.27. The van der Waals surface area contributed by atoms with Gasteiger partial charge < -0.3 is 4.42 Å². The Morgan fingerprint density at radius 2 is 2.15 bits per heavy atom. The summed E-state index contributed by atoms with van der Waals surface area (Å²) in [5.74, 6) is 0.930. The summed E-state index contributed by atoms with van der Waals surface area (Å²) in [6.07, 6.45) is 1.57. The number of sulfonamides is 1. The van der Waals surface area contributed by atoms with Crippen LogP contribution in [0.3, 0.4) is 0 Å². The van der Waals surface area contributed by atoms with Crippen LogP contribution in [0.25, 0.3) is 16.6 Å². The molecule has 4 heterocycles. The van der Waals surface area contributed by atoms with Crippen LogP contribution in [0, 0.1) is 6.92 Å². The van der Waals surface area contributed by atoms with Crippen LogP contribution in [0.2, 0.25) is 4.34 Å². The molecule has 4 aromatic rings. The fraction of sp³-hybridized carbons (Fsp3) is 0.0667. The molecule has 7 nitrogen and oxygen atoms in total. The van der Waals surface area contributed by atoms with Crippen LogP contribution in [-0.2, 0) is 10.0 Å². The standard InChI is InChI=1S/C15H11ClN4O3S3/c1-9-7-13(19-26(21,22)14-5-4-12(16)25-14)20(18-9)15-17-10(8-24-15)11-3-2-6-23-11/h2-8,19H,1H3. The summed E-state index contributed by atoms with van der Waals surface area (Å²) in [6.45, 7) is 1.78. The van der Waals surface area contributed by atoms with E-state index in [-0.39, 0.29) is 4.21 Å². The zero-order valence-electron chi connectivity index (χ0n) is 13.2. The number of rotatable bonds is 5. The molecule has 0 aliphatic heterocycles. The number of anilines is 1. The van der Waals surface area contributed by atoms with Gasteiger partial charge >= 0.3 is 0 Å². The van der Waals surface area contributed by atoms with Crippen molar-refractivity contribution in [3.05, 3.63) is 52.0 Å². The molecule has 0 unspecified atom stereocenters. The van der Waals surface area contributed by atoms with E-state index in [1.165, 1.54) is 22.1 Å². The van der Waals surface area contributed by atoms with E-state index in [0.717, 1.165) is 11.3 Å². The first-order valence-corrected chi connectivity index (χ1v) is 10.8. The molecule has 0 bridgehead atoms. The lowest BCUT2D eigenvalue weighted by Crippen LogP contribution is -2.14. The van der Waals surface area contributed by atoms with Crippen LogP contribution in [-0.4, -0.2) is 23.2 Å². The minimum atomic E-state index is -3.76. The van der Waals surface area contributed by atoms with Crippen molar-refractivity contribution in [1.82, 2.24) is 14.8 Å². The number of aryl methyl sites for hydroxylation is 1. The molecular formula is C15H11ClN4O3S3. The zero-order valence-corrected chi connectivity index (χ0v) is 16.4. The van der Waals surface area contributed by atoms with Crippen LogP contribution in [0.15, 0.2) is 50.6 Å². The third-order valence-electron chi connectivity index (χ3n) is 3.33. The molecule has 0 fully saturated rings. The SMILES string of the molecule is Cc1cc(NS(=O)(=O)c2ccc(Cl)s2)n(-c2nc(-c3ccco3)cs2)n1. The zero-order chi connectivity index (χ0) is 18.3. The summed E-state index contributed by atoms with van der Waals surface area (Å²) < 4.78 is 35.0. The summed E-state index contributed by atoms with van der Waals surface area (Å²) >= 11 is 8.16. The molecular weight excluding hydrogens is 416 g/mol. The van der Waals surface area contributed by atoms with Crippen molar-refractivity contribution in [2.24, 2.45) is 0 Å². The van der Waals surface area contributed by atoms with Crippen molar-refractivity contribution < 1.29 is 12.8 Å². The molecule has 0 aromatic carbocycles. The fourth-order valence-corrected chi connectivity index (χ4v) is 5.54. The second-order valence-corrected chi connectivity index (χ2v) is 9.70. The average Bonchev–Trinajstić information content (AvgIpc) is 3.32. The molecule has 0 amide bonds. The molecule has 0 radical (unpaired) electrons. The Bertz CT molecular complexity index is 1160. The van der Waals surface area contributed by atoms with Gasteiger partial charge in [-0.05, 0) is 31.2 Å². The van der Waals surface area contributed by atoms with E-state index in [1.807, 2.05) is 5.38 Å². The highest BCUT2D eigenvalue weighted by Crippen LogP contribution is 2.30. The number of hydrogen-bond acceptors (Lipinski definition) is 7. The molecule has 0 spiro atoms. The molecule has 4 rings (SSSR count). The monoisotopic (exact) mass is 426 g/mol. The summed E-state index contributed by atoms with van der Waals surface area (Å²) in [7, 11) is -3.76. The quantitative estimate of drug-likeness (QED) is 0.510. The van der Waals surface area contributed by atoms with E-state index in [1.54, 1.807) is 37.5 Å². The summed E-state index contributed by atoms with van der Waals surface area (Å²) in [6, 6.07) is 8.22. The van der Waals surface area contributed by atoms with Gasteiger partial charge in [0.1, 0.15) is 15.7 Å². The van der Waals surface area contributed by atoms with Crippen molar-refractivity contribution in [2.45, 2.75) is 11.1 Å². The van der Waals surface area contributed by atoms with Crippen molar-refractivity contribution >= 4 is 50.1 Å². The van der Waals surface area contributed by atoms with Crippen LogP contribution in [0.1, 0.15) is 5.69 Å².